The van der Waals surface area contributed by atoms with Crippen LogP contribution >= 0.6 is 45.2 Å². The molecule has 0 aromatic heterocycles. The van der Waals surface area contributed by atoms with E-state index in [4.69, 9.17) is 0 Å². The van der Waals surface area contributed by atoms with Gasteiger partial charge in [0.05, 0.1) is 0 Å². The lowest BCUT2D eigenvalue weighted by atomic mass is 9.82. The second kappa shape index (κ2) is 5.52. The summed E-state index contributed by atoms with van der Waals surface area (Å²) in [7, 11) is 0. The molecular weight excluding hydrogens is 470 g/mol. The first-order chi connectivity index (χ1) is 9.68. The van der Waals surface area contributed by atoms with Gasteiger partial charge in [-0.1, -0.05) is 58.0 Å². The molecule has 0 aromatic rings. The fourth-order valence-electron chi connectivity index (χ4n) is 5.58. The monoisotopic (exact) mass is 498 g/mol. The van der Waals surface area contributed by atoms with E-state index in [-0.39, 0.29) is 0 Å². The maximum atomic E-state index is 2.82. The normalized spacial score (nSPS) is 47.7. The van der Waals surface area contributed by atoms with Gasteiger partial charge in [0.2, 0.25) is 0 Å². The van der Waals surface area contributed by atoms with Crippen molar-refractivity contribution >= 4 is 45.2 Å². The van der Waals surface area contributed by atoms with Gasteiger partial charge in [0.25, 0.3) is 0 Å². The molecule has 0 aromatic carbocycles. The Morgan fingerprint density at radius 1 is 0.900 bits per heavy atom. The van der Waals surface area contributed by atoms with Gasteiger partial charge < -0.3 is 0 Å². The van der Waals surface area contributed by atoms with E-state index in [1.165, 1.54) is 23.7 Å². The summed E-state index contributed by atoms with van der Waals surface area (Å²) in [6, 6.07) is 0. The first-order valence-corrected chi connectivity index (χ1v) is 11.5. The van der Waals surface area contributed by atoms with Crippen LogP contribution in [0, 0.1) is 29.1 Å². The molecule has 0 heterocycles. The minimum atomic E-state index is 0.786. The highest BCUT2D eigenvalue weighted by molar-refractivity contribution is 14.1. The molecule has 4 rings (SSSR count). The Morgan fingerprint density at radius 3 is 2.15 bits per heavy atom. The number of hydrogen-bond acceptors (Lipinski definition) is 0. The second-order valence-electron chi connectivity index (χ2n) is 8.32. The summed E-state index contributed by atoms with van der Waals surface area (Å²) in [5, 5.41) is 0. The zero-order chi connectivity index (χ0) is 13.8. The van der Waals surface area contributed by atoms with E-state index in [0.717, 1.165) is 32.5 Å². The summed E-state index contributed by atoms with van der Waals surface area (Å²) in [5.74, 6) is 4.49. The van der Waals surface area contributed by atoms with Crippen molar-refractivity contribution in [2.24, 2.45) is 29.1 Å². The van der Waals surface area contributed by atoms with Crippen molar-refractivity contribution in [3.8, 4) is 0 Å². The number of halogens is 2. The Balaban J connectivity index is 1.20. The average molecular weight is 498 g/mol. The van der Waals surface area contributed by atoms with Crippen LogP contribution in [0.4, 0.5) is 0 Å². The third-order valence-corrected chi connectivity index (χ3v) is 10.8. The van der Waals surface area contributed by atoms with Crippen molar-refractivity contribution in [3.05, 3.63) is 0 Å². The number of rotatable bonds is 7. The lowest BCUT2D eigenvalue weighted by molar-refractivity contribution is 0.277. The Hall–Kier alpha value is 1.46. The Morgan fingerprint density at radius 2 is 1.60 bits per heavy atom. The zero-order valence-electron chi connectivity index (χ0n) is 12.6. The van der Waals surface area contributed by atoms with Crippen LogP contribution in [0.1, 0.15) is 70.6 Å². The van der Waals surface area contributed by atoms with Crippen LogP contribution in [0.5, 0.6) is 0 Å². The average Bonchev–Trinajstić information content (AvgIpc) is 3.14. The van der Waals surface area contributed by atoms with Gasteiger partial charge in [-0.15, -0.1) is 0 Å². The number of hydrogen-bond donors (Lipinski definition) is 0. The van der Waals surface area contributed by atoms with Gasteiger partial charge in [0.1, 0.15) is 0 Å². The molecule has 3 unspecified atom stereocenters. The largest absolute Gasteiger partial charge is 0.0861 e. The number of alkyl halides is 2. The van der Waals surface area contributed by atoms with E-state index in [2.05, 4.69) is 45.2 Å². The van der Waals surface area contributed by atoms with Gasteiger partial charge in [0, 0.05) is 7.85 Å². The Labute approximate surface area is 151 Å². The zero-order valence-corrected chi connectivity index (χ0v) is 16.9. The minimum absolute atomic E-state index is 0.786. The molecule has 4 atom stereocenters. The molecule has 4 aliphatic rings. The molecule has 0 N–H and O–H groups in total. The van der Waals surface area contributed by atoms with E-state index < -0.39 is 0 Å². The van der Waals surface area contributed by atoms with Crippen molar-refractivity contribution in [2.45, 2.75) is 74.1 Å². The number of fused-ring (bicyclic) bond motifs is 1. The molecule has 0 aliphatic heterocycles. The predicted octanol–water partition coefficient (Wildman–Crippen LogP) is 6.39. The van der Waals surface area contributed by atoms with Crippen LogP contribution in [0.25, 0.3) is 0 Å². The van der Waals surface area contributed by atoms with Gasteiger partial charge in [-0.3, -0.25) is 0 Å². The molecule has 2 heteroatoms. The van der Waals surface area contributed by atoms with E-state index in [0.29, 0.717) is 0 Å². The van der Waals surface area contributed by atoms with Crippen LogP contribution in [-0.2, 0) is 0 Å². The standard InChI is InChI=1S/C18H28I2/c19-12-13-3-4-14(11-13)17(9-10-17)7-1-2-8-18(20)15-5-6-16(15)18/h13-16H,1-12H2/t13?,14-,15?,16?,18?/m0/s1. The molecule has 4 fully saturated rings. The van der Waals surface area contributed by atoms with E-state index in [1.54, 1.807) is 51.4 Å². The lowest BCUT2D eigenvalue weighted by Crippen LogP contribution is -2.14. The SMILES string of the molecule is ICC1CC[C@H](C2(CCCCC3(I)C4CCC43)CC2)C1. The van der Waals surface area contributed by atoms with Crippen LogP contribution < -0.4 is 0 Å². The van der Waals surface area contributed by atoms with Crippen molar-refractivity contribution in [1.82, 2.24) is 0 Å². The summed E-state index contributed by atoms with van der Waals surface area (Å²) < 4.78 is 2.19. The highest BCUT2D eigenvalue weighted by Gasteiger charge is 2.66. The molecule has 0 amide bonds. The van der Waals surface area contributed by atoms with E-state index >= 15 is 0 Å². The first kappa shape index (κ1) is 15.0. The molecule has 20 heavy (non-hydrogen) atoms. The molecule has 0 saturated heterocycles. The molecule has 0 radical (unpaired) electrons. The third kappa shape index (κ3) is 2.50. The maximum Gasteiger partial charge on any atom is 0.0284 e. The van der Waals surface area contributed by atoms with E-state index in [9.17, 15) is 0 Å². The Kier molecular flexibility index (Phi) is 4.15. The maximum absolute atomic E-state index is 2.82. The van der Waals surface area contributed by atoms with E-state index in [1.807, 2.05) is 0 Å². The predicted molar refractivity (Wildman–Crippen MR) is 103 cm³/mol. The smallest absolute Gasteiger partial charge is 0.0284 e. The minimum Gasteiger partial charge on any atom is -0.0861 e. The Bertz CT molecular complexity index is 364. The summed E-state index contributed by atoms with van der Waals surface area (Å²) in [6.07, 6.45) is 17.1. The quantitative estimate of drug-likeness (QED) is 0.217. The fourth-order valence-corrected chi connectivity index (χ4v) is 8.08. The summed E-state index contributed by atoms with van der Waals surface area (Å²) in [4.78, 5) is 0. The lowest BCUT2D eigenvalue weighted by Gasteiger charge is -2.23. The third-order valence-electron chi connectivity index (χ3n) is 7.40. The van der Waals surface area contributed by atoms with Crippen LogP contribution in [0.15, 0.2) is 0 Å². The highest BCUT2D eigenvalue weighted by atomic mass is 127. The molecule has 0 spiro atoms. The molecule has 0 nitrogen and oxygen atoms in total. The summed E-state index contributed by atoms with van der Waals surface area (Å²) in [5.41, 5.74) is 0.849. The summed E-state index contributed by atoms with van der Waals surface area (Å²) >= 11 is 5.43. The molecule has 0 bridgehead atoms. The van der Waals surface area contributed by atoms with Gasteiger partial charge in [-0.2, -0.15) is 0 Å². The van der Waals surface area contributed by atoms with Crippen molar-refractivity contribution in [3.63, 3.8) is 0 Å². The van der Waals surface area contributed by atoms with Crippen LogP contribution in [-0.4, -0.2) is 7.85 Å². The number of unbranched alkanes of at least 4 members (excludes halogenated alkanes) is 1. The van der Waals surface area contributed by atoms with Gasteiger partial charge in [-0.25, -0.2) is 0 Å². The second-order valence-corrected chi connectivity index (χ2v) is 11.2. The molecule has 114 valence electrons. The van der Waals surface area contributed by atoms with Crippen molar-refractivity contribution < 1.29 is 0 Å². The van der Waals surface area contributed by atoms with Crippen molar-refractivity contribution in [2.75, 3.05) is 4.43 Å². The topological polar surface area (TPSA) is 0 Å². The highest BCUT2D eigenvalue weighted by Crippen LogP contribution is 2.71. The van der Waals surface area contributed by atoms with Crippen LogP contribution in [0.2, 0.25) is 0 Å². The molecule has 4 saturated carbocycles. The van der Waals surface area contributed by atoms with Gasteiger partial charge in [0.15, 0.2) is 0 Å². The molecule has 4 aliphatic carbocycles. The van der Waals surface area contributed by atoms with Crippen molar-refractivity contribution in [1.29, 1.82) is 0 Å². The fraction of sp³-hybridized carbons (Fsp3) is 1.00. The van der Waals surface area contributed by atoms with Crippen LogP contribution in [0.3, 0.4) is 0 Å². The molecular formula is C18H28I2. The van der Waals surface area contributed by atoms with Gasteiger partial charge >= 0.3 is 0 Å². The van der Waals surface area contributed by atoms with Gasteiger partial charge in [-0.05, 0) is 86.9 Å². The first-order valence-electron chi connectivity index (χ1n) is 8.93. The summed E-state index contributed by atoms with van der Waals surface area (Å²) in [6.45, 7) is 0.